The van der Waals surface area contributed by atoms with Gasteiger partial charge in [0.2, 0.25) is 0 Å². The van der Waals surface area contributed by atoms with Crippen LogP contribution in [0, 0.1) is 0 Å². The summed E-state index contributed by atoms with van der Waals surface area (Å²) in [5, 5.41) is 12.1. The summed E-state index contributed by atoms with van der Waals surface area (Å²) in [6.07, 6.45) is 6.70. The van der Waals surface area contributed by atoms with Crippen molar-refractivity contribution in [2.24, 2.45) is 0 Å². The summed E-state index contributed by atoms with van der Waals surface area (Å²) in [6, 6.07) is 21.5. The molecular formula is C28H40O4Si. The summed E-state index contributed by atoms with van der Waals surface area (Å²) in [5.41, 5.74) is 0. The fraction of sp³-hybridized carbons (Fsp3) is 0.571. The van der Waals surface area contributed by atoms with E-state index < -0.39 is 14.1 Å². The Labute approximate surface area is 200 Å². The zero-order chi connectivity index (χ0) is 23.4. The van der Waals surface area contributed by atoms with Crippen LogP contribution in [0.1, 0.15) is 65.7 Å². The fourth-order valence-electron chi connectivity index (χ4n) is 5.65. The molecule has 0 amide bonds. The first kappa shape index (κ1) is 24.6. The summed E-state index contributed by atoms with van der Waals surface area (Å²) in [7, 11) is -2.71. The van der Waals surface area contributed by atoms with Crippen LogP contribution in [-0.2, 0) is 13.9 Å². The number of aliphatic hydroxyl groups is 1. The minimum absolute atomic E-state index is 0.102. The maximum absolute atomic E-state index is 9.68. The molecule has 0 bridgehead atoms. The lowest BCUT2D eigenvalue weighted by molar-refractivity contribution is -0.195. The number of ether oxygens (including phenoxy) is 2. The van der Waals surface area contributed by atoms with E-state index in [1.54, 1.807) is 0 Å². The van der Waals surface area contributed by atoms with Crippen molar-refractivity contribution in [2.45, 2.75) is 88.8 Å². The summed E-state index contributed by atoms with van der Waals surface area (Å²) >= 11 is 0. The van der Waals surface area contributed by atoms with E-state index in [9.17, 15) is 5.11 Å². The lowest BCUT2D eigenvalue weighted by Crippen LogP contribution is -2.68. The van der Waals surface area contributed by atoms with E-state index in [0.29, 0.717) is 13.0 Å². The van der Waals surface area contributed by atoms with E-state index in [-0.39, 0.29) is 23.9 Å². The van der Waals surface area contributed by atoms with Crippen molar-refractivity contribution < 1.29 is 19.0 Å². The normalized spacial score (nSPS) is 21.9. The molecule has 1 saturated heterocycles. The molecule has 0 unspecified atom stereocenters. The van der Waals surface area contributed by atoms with Crippen LogP contribution in [0.15, 0.2) is 60.7 Å². The molecule has 1 spiro atoms. The fourth-order valence-corrected chi connectivity index (χ4v) is 10.4. The molecule has 1 N–H and O–H groups in total. The second-order valence-electron chi connectivity index (χ2n) is 10.6. The Hall–Kier alpha value is -1.50. The van der Waals surface area contributed by atoms with Crippen LogP contribution in [0.3, 0.4) is 0 Å². The monoisotopic (exact) mass is 468 g/mol. The van der Waals surface area contributed by atoms with Crippen molar-refractivity contribution in [3.63, 3.8) is 0 Å². The second-order valence-corrected chi connectivity index (χ2v) is 14.9. The van der Waals surface area contributed by atoms with Gasteiger partial charge in [0.25, 0.3) is 8.32 Å². The zero-order valence-corrected chi connectivity index (χ0v) is 21.5. The minimum Gasteiger partial charge on any atom is -0.402 e. The lowest BCUT2D eigenvalue weighted by atomic mass is 9.94. The largest absolute Gasteiger partial charge is 0.402 e. The maximum Gasteiger partial charge on any atom is 0.261 e. The predicted octanol–water partition coefficient (Wildman–Crippen LogP) is 4.78. The van der Waals surface area contributed by atoms with Gasteiger partial charge in [-0.15, -0.1) is 0 Å². The number of hydrogen-bond acceptors (Lipinski definition) is 4. The van der Waals surface area contributed by atoms with Crippen molar-refractivity contribution in [1.29, 1.82) is 0 Å². The van der Waals surface area contributed by atoms with Gasteiger partial charge in [0.05, 0.1) is 12.7 Å². The Morgan fingerprint density at radius 2 is 1.55 bits per heavy atom. The Morgan fingerprint density at radius 1 is 0.970 bits per heavy atom. The highest BCUT2D eigenvalue weighted by Gasteiger charge is 2.54. The van der Waals surface area contributed by atoms with Crippen molar-refractivity contribution in [3.8, 4) is 0 Å². The molecule has 1 heterocycles. The van der Waals surface area contributed by atoms with Gasteiger partial charge >= 0.3 is 0 Å². The van der Waals surface area contributed by atoms with Gasteiger partial charge in [0.1, 0.15) is 6.10 Å². The van der Waals surface area contributed by atoms with Crippen LogP contribution in [0.25, 0.3) is 0 Å². The molecule has 5 heteroatoms. The number of benzene rings is 2. The average Bonchev–Trinajstić information content (AvgIpc) is 3.23. The first-order valence-electron chi connectivity index (χ1n) is 12.6. The molecule has 1 aliphatic carbocycles. The molecule has 4 rings (SSSR count). The minimum atomic E-state index is -2.71. The van der Waals surface area contributed by atoms with Gasteiger partial charge in [-0.1, -0.05) is 87.9 Å². The highest BCUT2D eigenvalue weighted by Crippen LogP contribution is 2.42. The Bertz CT molecular complexity index is 819. The zero-order valence-electron chi connectivity index (χ0n) is 20.5. The van der Waals surface area contributed by atoms with Gasteiger partial charge in [-0.2, -0.15) is 0 Å². The standard InChI is InChI=1S/C28H40O4Si/c1-27(2,3)33(23-14-7-4-8-15-23,24-16-9-5-10-17-24)32-25(18-13-21-29)26-22-30-28(31-26)19-11-6-12-20-28/h4-5,7-10,14-17,25-26,29H,6,11-13,18-22H2,1-3H3/t25-,26+/m0/s1. The summed E-state index contributed by atoms with van der Waals surface area (Å²) < 4.78 is 20.4. The van der Waals surface area contributed by atoms with Crippen LogP contribution in [0.5, 0.6) is 0 Å². The Morgan fingerprint density at radius 3 is 2.06 bits per heavy atom. The third-order valence-electron chi connectivity index (χ3n) is 7.30. The molecule has 2 aromatic carbocycles. The van der Waals surface area contributed by atoms with Gasteiger partial charge in [-0.25, -0.2) is 0 Å². The van der Waals surface area contributed by atoms with Gasteiger partial charge in [0, 0.05) is 19.4 Å². The predicted molar refractivity (Wildman–Crippen MR) is 135 cm³/mol. The van der Waals surface area contributed by atoms with Crippen molar-refractivity contribution in [1.82, 2.24) is 0 Å². The van der Waals surface area contributed by atoms with Gasteiger partial charge in [-0.3, -0.25) is 0 Å². The molecule has 1 aliphatic heterocycles. The molecule has 33 heavy (non-hydrogen) atoms. The van der Waals surface area contributed by atoms with Gasteiger partial charge in [-0.05, 0) is 41.1 Å². The molecule has 1 saturated carbocycles. The highest BCUT2D eigenvalue weighted by atomic mass is 28.4. The summed E-state index contributed by atoms with van der Waals surface area (Å²) in [6.45, 7) is 7.62. The third-order valence-corrected chi connectivity index (χ3v) is 12.4. The van der Waals surface area contributed by atoms with E-state index in [1.165, 1.54) is 16.8 Å². The second kappa shape index (κ2) is 10.4. The van der Waals surface area contributed by atoms with Crippen molar-refractivity contribution in [2.75, 3.05) is 13.2 Å². The van der Waals surface area contributed by atoms with Crippen LogP contribution >= 0.6 is 0 Å². The molecular weight excluding hydrogens is 428 g/mol. The molecule has 2 fully saturated rings. The molecule has 2 aromatic rings. The van der Waals surface area contributed by atoms with Crippen LogP contribution in [0.2, 0.25) is 5.04 Å². The molecule has 0 radical (unpaired) electrons. The lowest BCUT2D eigenvalue weighted by Gasteiger charge is -2.46. The topological polar surface area (TPSA) is 47.9 Å². The summed E-state index contributed by atoms with van der Waals surface area (Å²) in [4.78, 5) is 0. The first-order chi connectivity index (χ1) is 15.9. The van der Waals surface area contributed by atoms with Crippen LogP contribution in [0.4, 0.5) is 0 Å². The van der Waals surface area contributed by atoms with Gasteiger partial charge < -0.3 is 19.0 Å². The van der Waals surface area contributed by atoms with Crippen molar-refractivity contribution >= 4 is 18.7 Å². The van der Waals surface area contributed by atoms with Crippen LogP contribution in [-0.4, -0.2) is 44.6 Å². The molecule has 2 atom stereocenters. The maximum atomic E-state index is 9.68. The van der Waals surface area contributed by atoms with E-state index in [2.05, 4.69) is 81.4 Å². The number of hydrogen-bond donors (Lipinski definition) is 1. The van der Waals surface area contributed by atoms with E-state index in [4.69, 9.17) is 13.9 Å². The van der Waals surface area contributed by atoms with E-state index in [1.807, 2.05) is 0 Å². The number of aliphatic hydroxyl groups excluding tert-OH is 1. The summed E-state index contributed by atoms with van der Waals surface area (Å²) in [5.74, 6) is -0.435. The Balaban J connectivity index is 1.74. The molecule has 4 nitrogen and oxygen atoms in total. The van der Waals surface area contributed by atoms with Crippen LogP contribution < -0.4 is 10.4 Å². The first-order valence-corrected chi connectivity index (χ1v) is 14.5. The number of rotatable bonds is 8. The quantitative estimate of drug-likeness (QED) is 0.567. The highest BCUT2D eigenvalue weighted by molar-refractivity contribution is 6.99. The average molecular weight is 469 g/mol. The van der Waals surface area contributed by atoms with Gasteiger partial charge in [0.15, 0.2) is 5.79 Å². The van der Waals surface area contributed by atoms with Crippen molar-refractivity contribution in [3.05, 3.63) is 60.7 Å². The SMILES string of the molecule is CC(C)(C)[Si](O[C@@H](CCCO)[C@H]1COC2(CCCCC2)O1)(c1ccccc1)c1ccccc1. The van der Waals surface area contributed by atoms with E-state index in [0.717, 1.165) is 32.1 Å². The molecule has 180 valence electrons. The molecule has 2 aliphatic rings. The third kappa shape index (κ3) is 5.13. The van der Waals surface area contributed by atoms with E-state index >= 15 is 0 Å². The molecule has 0 aromatic heterocycles. The smallest absolute Gasteiger partial charge is 0.261 e. The Kier molecular flexibility index (Phi) is 7.76.